The maximum absolute atomic E-state index is 11.6. The number of carbonyl (C=O) groups is 2. The Balaban J connectivity index is 0.000000217. The molecule has 0 N–H and O–H groups in total. The van der Waals surface area contributed by atoms with Crippen LogP contribution in [0.2, 0.25) is 0 Å². The number of hydrogen-bond donors (Lipinski definition) is 1. The van der Waals surface area contributed by atoms with E-state index >= 15 is 0 Å². The average Bonchev–Trinajstić information content (AvgIpc) is 2.38. The molecule has 1 aromatic carbocycles. The molecule has 1 saturated carbocycles. The van der Waals surface area contributed by atoms with Crippen molar-refractivity contribution in [2.24, 2.45) is 11.8 Å². The highest BCUT2D eigenvalue weighted by atomic mass is 32.1. The minimum absolute atomic E-state index is 0.128. The molecular weight excluding hydrogens is 268 g/mol. The first-order chi connectivity index (χ1) is 9.34. The largest absolute Gasteiger partial charge is 0.299 e. The molecule has 2 atom stereocenters. The van der Waals surface area contributed by atoms with Crippen molar-refractivity contribution in [3.05, 3.63) is 35.9 Å². The molecule has 0 bridgehead atoms. The third-order valence-corrected chi connectivity index (χ3v) is 3.99. The summed E-state index contributed by atoms with van der Waals surface area (Å²) < 4.78 is -0.128. The minimum atomic E-state index is -0.128. The van der Waals surface area contributed by atoms with Crippen LogP contribution in [-0.2, 0) is 4.79 Å². The van der Waals surface area contributed by atoms with Crippen molar-refractivity contribution >= 4 is 24.7 Å². The summed E-state index contributed by atoms with van der Waals surface area (Å²) in [5.74, 6) is 1.18. The van der Waals surface area contributed by atoms with Crippen LogP contribution in [0.5, 0.6) is 0 Å². The fourth-order valence-corrected chi connectivity index (χ4v) is 2.75. The number of thiol groups is 1. The summed E-state index contributed by atoms with van der Waals surface area (Å²) in [5, 5.41) is 0. The Morgan fingerprint density at radius 1 is 1.20 bits per heavy atom. The van der Waals surface area contributed by atoms with Gasteiger partial charge in [-0.3, -0.25) is 9.59 Å². The van der Waals surface area contributed by atoms with Gasteiger partial charge in [-0.05, 0) is 18.8 Å². The lowest BCUT2D eigenvalue weighted by atomic mass is 9.76. The molecule has 0 spiro atoms. The Labute approximate surface area is 127 Å². The van der Waals surface area contributed by atoms with E-state index in [1.54, 1.807) is 12.1 Å². The van der Waals surface area contributed by atoms with Crippen LogP contribution in [0.3, 0.4) is 0 Å². The second-order valence-electron chi connectivity index (χ2n) is 6.09. The van der Waals surface area contributed by atoms with Crippen molar-refractivity contribution in [2.45, 2.75) is 44.8 Å². The molecule has 0 aliphatic heterocycles. The summed E-state index contributed by atoms with van der Waals surface area (Å²) in [5.41, 5.74) is 0.729. The highest BCUT2D eigenvalue weighted by Gasteiger charge is 2.35. The Kier molecular flexibility index (Phi) is 6.47. The van der Waals surface area contributed by atoms with Crippen molar-refractivity contribution in [1.29, 1.82) is 0 Å². The Hall–Kier alpha value is -1.09. The van der Waals surface area contributed by atoms with E-state index in [1.807, 2.05) is 32.0 Å². The molecule has 1 aliphatic carbocycles. The number of benzene rings is 1. The predicted octanol–water partition coefficient (Wildman–Crippen LogP) is 4.20. The topological polar surface area (TPSA) is 34.1 Å². The summed E-state index contributed by atoms with van der Waals surface area (Å²) in [4.78, 5) is 21.6. The van der Waals surface area contributed by atoms with Gasteiger partial charge in [-0.2, -0.15) is 12.6 Å². The molecule has 0 amide bonds. The molecule has 0 heterocycles. The van der Waals surface area contributed by atoms with E-state index in [1.165, 1.54) is 6.42 Å². The van der Waals surface area contributed by atoms with Crippen LogP contribution in [0.1, 0.15) is 50.4 Å². The molecule has 1 fully saturated rings. The molecule has 0 radical (unpaired) electrons. The van der Waals surface area contributed by atoms with Gasteiger partial charge >= 0.3 is 0 Å². The summed E-state index contributed by atoms with van der Waals surface area (Å²) >= 11 is 4.47. The number of ketones is 1. The van der Waals surface area contributed by atoms with Crippen LogP contribution < -0.4 is 0 Å². The molecule has 2 nitrogen and oxygen atoms in total. The van der Waals surface area contributed by atoms with E-state index in [4.69, 9.17) is 0 Å². The Morgan fingerprint density at radius 2 is 1.80 bits per heavy atom. The third-order valence-electron chi connectivity index (χ3n) is 3.67. The Bertz CT molecular complexity index is 434. The van der Waals surface area contributed by atoms with Gasteiger partial charge in [-0.25, -0.2) is 0 Å². The number of aldehydes is 1. The second-order valence-corrected chi connectivity index (χ2v) is 7.24. The van der Waals surface area contributed by atoms with E-state index in [9.17, 15) is 9.59 Å². The van der Waals surface area contributed by atoms with Crippen LogP contribution in [0.25, 0.3) is 0 Å². The molecule has 1 aromatic rings. The lowest BCUT2D eigenvalue weighted by Gasteiger charge is -2.33. The van der Waals surface area contributed by atoms with Gasteiger partial charge in [-0.15, -0.1) is 0 Å². The molecule has 0 saturated heterocycles. The molecule has 3 heteroatoms. The molecule has 2 rings (SSSR count). The zero-order valence-electron chi connectivity index (χ0n) is 12.5. The van der Waals surface area contributed by atoms with E-state index in [2.05, 4.69) is 19.6 Å². The maximum Gasteiger partial charge on any atom is 0.150 e. The van der Waals surface area contributed by atoms with E-state index in [0.29, 0.717) is 11.7 Å². The number of Topliss-reactive ketones (excluding diaryl/α,β-unsaturated/α-hetero) is 1. The van der Waals surface area contributed by atoms with Crippen molar-refractivity contribution < 1.29 is 9.59 Å². The molecule has 1 aliphatic rings. The first-order valence-corrected chi connectivity index (χ1v) is 7.54. The lowest BCUT2D eigenvalue weighted by molar-refractivity contribution is -0.126. The quantitative estimate of drug-likeness (QED) is 0.655. The van der Waals surface area contributed by atoms with Gasteiger partial charge in [0.15, 0.2) is 0 Å². The highest BCUT2D eigenvalue weighted by Crippen LogP contribution is 2.35. The van der Waals surface area contributed by atoms with E-state index in [0.717, 1.165) is 24.7 Å². The van der Waals surface area contributed by atoms with Crippen LogP contribution in [-0.4, -0.2) is 16.8 Å². The van der Waals surface area contributed by atoms with Gasteiger partial charge < -0.3 is 0 Å². The van der Waals surface area contributed by atoms with Crippen molar-refractivity contribution in [3.8, 4) is 0 Å². The molecule has 0 aromatic heterocycles. The summed E-state index contributed by atoms with van der Waals surface area (Å²) in [6.07, 6.45) is 3.80. The molecular formula is C17H24O2S. The number of carbonyl (C=O) groups excluding carboxylic acids is 2. The van der Waals surface area contributed by atoms with Crippen molar-refractivity contribution in [2.75, 3.05) is 0 Å². The fourth-order valence-electron chi connectivity index (χ4n) is 2.48. The van der Waals surface area contributed by atoms with Crippen molar-refractivity contribution in [3.63, 3.8) is 0 Å². The SMILES string of the molecule is CC1CCC(C(C)(C)S)C(=O)C1.O=Cc1ccccc1. The van der Waals surface area contributed by atoms with Gasteiger partial charge in [0.1, 0.15) is 12.1 Å². The number of rotatable bonds is 2. The van der Waals surface area contributed by atoms with Crippen LogP contribution in [0, 0.1) is 11.8 Å². The minimum Gasteiger partial charge on any atom is -0.299 e. The first-order valence-electron chi connectivity index (χ1n) is 7.10. The van der Waals surface area contributed by atoms with Gasteiger partial charge in [0.25, 0.3) is 0 Å². The molecule has 2 unspecified atom stereocenters. The fraction of sp³-hybridized carbons (Fsp3) is 0.529. The standard InChI is InChI=1S/C10H18OS.C7H6O/c1-7-4-5-8(9(11)6-7)10(2,3)12;8-6-7-4-2-1-3-5-7/h7-8,12H,4-6H2,1-3H3;1-6H. The van der Waals surface area contributed by atoms with Gasteiger partial charge in [-0.1, -0.05) is 51.1 Å². The first kappa shape index (κ1) is 17.0. The van der Waals surface area contributed by atoms with Crippen LogP contribution in [0.4, 0.5) is 0 Å². The summed E-state index contributed by atoms with van der Waals surface area (Å²) in [7, 11) is 0. The van der Waals surface area contributed by atoms with Crippen molar-refractivity contribution in [1.82, 2.24) is 0 Å². The number of hydrogen-bond acceptors (Lipinski definition) is 3. The summed E-state index contributed by atoms with van der Waals surface area (Å²) in [6, 6.07) is 9.10. The second kappa shape index (κ2) is 7.63. The Morgan fingerprint density at radius 3 is 2.20 bits per heavy atom. The zero-order chi connectivity index (χ0) is 15.2. The zero-order valence-corrected chi connectivity index (χ0v) is 13.4. The maximum atomic E-state index is 11.6. The lowest BCUT2D eigenvalue weighted by Crippen LogP contribution is -2.36. The normalized spacial score (nSPS) is 22.7. The predicted molar refractivity (Wildman–Crippen MR) is 86.4 cm³/mol. The van der Waals surface area contributed by atoms with E-state index < -0.39 is 0 Å². The third kappa shape index (κ3) is 5.49. The van der Waals surface area contributed by atoms with Crippen LogP contribution in [0.15, 0.2) is 30.3 Å². The summed E-state index contributed by atoms with van der Waals surface area (Å²) in [6.45, 7) is 6.23. The smallest absolute Gasteiger partial charge is 0.150 e. The monoisotopic (exact) mass is 292 g/mol. The van der Waals surface area contributed by atoms with Gasteiger partial charge in [0.05, 0.1) is 0 Å². The molecule has 20 heavy (non-hydrogen) atoms. The van der Waals surface area contributed by atoms with Crippen LogP contribution >= 0.6 is 12.6 Å². The molecule has 110 valence electrons. The highest BCUT2D eigenvalue weighted by molar-refractivity contribution is 7.81. The van der Waals surface area contributed by atoms with Gasteiger partial charge in [0.2, 0.25) is 0 Å². The van der Waals surface area contributed by atoms with E-state index in [-0.39, 0.29) is 10.7 Å². The van der Waals surface area contributed by atoms with Gasteiger partial charge in [0, 0.05) is 22.6 Å². The average molecular weight is 292 g/mol.